The predicted molar refractivity (Wildman–Crippen MR) is 183 cm³/mol. The van der Waals surface area contributed by atoms with Crippen LogP contribution >= 0.6 is 0 Å². The molecule has 0 saturated carbocycles. The first kappa shape index (κ1) is 30.2. The van der Waals surface area contributed by atoms with Crippen LogP contribution in [0.5, 0.6) is 0 Å². The number of nitrogens with one attached hydrogen (secondary N) is 3. The molecule has 230 valence electrons. The molecule has 0 bridgehead atoms. The maximum Gasteiger partial charge on any atom is 0.124 e. The Kier molecular flexibility index (Phi) is 9.03. The van der Waals surface area contributed by atoms with Crippen LogP contribution in [0.25, 0.3) is 51.3 Å². The number of H-pyrrole nitrogens is 2. The van der Waals surface area contributed by atoms with Gasteiger partial charge in [-0.1, -0.05) is 26.2 Å². The third-order valence-electron chi connectivity index (χ3n) is 8.47. The summed E-state index contributed by atoms with van der Waals surface area (Å²) >= 11 is 0. The standard InChI is InChI=1S/C37H40FN7/c1-5-25(4)41-30-20-28(22-39-23-30)24(3)16-31-33(6-2)43-44-37(31)35-21-32-34(42-35)11-12-40-36(32)27-17-26(18-29(38)19-27)10-9-15-45-13-7-8-14-45/h6,11-12,16-23,41-43H,3-5,7-10,13-15H2,1-2H3/b31-16+,33-6+. The number of fused-ring (bicyclic) bond motifs is 1. The van der Waals surface area contributed by atoms with E-state index in [1.807, 2.05) is 37.3 Å². The zero-order valence-corrected chi connectivity index (χ0v) is 26.1. The lowest BCUT2D eigenvalue weighted by molar-refractivity contribution is 0.334. The molecule has 7 nitrogen and oxygen atoms in total. The molecule has 4 aromatic heterocycles. The molecule has 0 radical (unpaired) electrons. The Morgan fingerprint density at radius 1 is 1.09 bits per heavy atom. The highest BCUT2D eigenvalue weighted by molar-refractivity contribution is 5.96. The van der Waals surface area contributed by atoms with Crippen molar-refractivity contribution in [3.8, 4) is 22.6 Å². The zero-order valence-electron chi connectivity index (χ0n) is 26.1. The van der Waals surface area contributed by atoms with Gasteiger partial charge in [0, 0.05) is 45.3 Å². The third kappa shape index (κ3) is 6.81. The lowest BCUT2D eigenvalue weighted by atomic mass is 10.0. The predicted octanol–water partition coefficient (Wildman–Crippen LogP) is 6.81. The van der Waals surface area contributed by atoms with E-state index in [2.05, 4.69) is 56.5 Å². The second-order valence-electron chi connectivity index (χ2n) is 11.7. The van der Waals surface area contributed by atoms with Crippen molar-refractivity contribution in [2.45, 2.75) is 46.0 Å². The van der Waals surface area contributed by atoms with E-state index in [4.69, 9.17) is 4.98 Å². The molecule has 1 fully saturated rings. The van der Waals surface area contributed by atoms with E-state index in [9.17, 15) is 4.39 Å². The molecule has 6 rings (SSSR count). The van der Waals surface area contributed by atoms with Crippen molar-refractivity contribution in [2.24, 2.45) is 0 Å². The number of hydrogen-bond acceptors (Lipinski definition) is 5. The summed E-state index contributed by atoms with van der Waals surface area (Å²) in [6.45, 7) is 15.8. The van der Waals surface area contributed by atoms with E-state index in [-0.39, 0.29) is 5.82 Å². The summed E-state index contributed by atoms with van der Waals surface area (Å²) in [7, 11) is 0. The summed E-state index contributed by atoms with van der Waals surface area (Å²) in [5.74, 6) is -0.239. The van der Waals surface area contributed by atoms with Crippen molar-refractivity contribution in [2.75, 3.05) is 25.0 Å². The van der Waals surface area contributed by atoms with Crippen LogP contribution in [0.1, 0.15) is 50.7 Å². The molecule has 1 aromatic carbocycles. The maximum absolute atomic E-state index is 14.9. The number of likely N-dealkylation sites (tertiary alicyclic amines) is 1. The van der Waals surface area contributed by atoms with E-state index in [0.29, 0.717) is 0 Å². The van der Waals surface area contributed by atoms with Crippen LogP contribution in [0.3, 0.4) is 0 Å². The average molecular weight is 602 g/mol. The summed E-state index contributed by atoms with van der Waals surface area (Å²) in [4.78, 5) is 15.1. The van der Waals surface area contributed by atoms with Gasteiger partial charge in [0.05, 0.1) is 28.6 Å². The van der Waals surface area contributed by atoms with Crippen molar-refractivity contribution in [1.82, 2.24) is 30.0 Å². The summed E-state index contributed by atoms with van der Waals surface area (Å²) < 4.78 is 14.9. The summed E-state index contributed by atoms with van der Waals surface area (Å²) in [5.41, 5.74) is 8.49. The Hall–Kier alpha value is -4.82. The lowest BCUT2D eigenvalue weighted by Crippen LogP contribution is -2.23. The molecule has 0 spiro atoms. The Balaban J connectivity index is 1.33. The van der Waals surface area contributed by atoms with Crippen molar-refractivity contribution < 1.29 is 4.39 Å². The number of aromatic nitrogens is 5. The summed E-state index contributed by atoms with van der Waals surface area (Å²) in [5, 5.41) is 13.8. The zero-order chi connectivity index (χ0) is 31.3. The largest absolute Gasteiger partial charge is 0.358 e. The minimum atomic E-state index is -0.239. The lowest BCUT2D eigenvalue weighted by Gasteiger charge is -2.14. The van der Waals surface area contributed by atoms with Gasteiger partial charge in [0.1, 0.15) is 11.5 Å². The number of anilines is 1. The van der Waals surface area contributed by atoms with Gasteiger partial charge in [-0.15, -0.1) is 0 Å². The van der Waals surface area contributed by atoms with E-state index >= 15 is 0 Å². The second-order valence-corrected chi connectivity index (χ2v) is 11.7. The summed E-state index contributed by atoms with van der Waals surface area (Å²) in [6, 6.07) is 11.3. The fourth-order valence-corrected chi connectivity index (χ4v) is 6.03. The van der Waals surface area contributed by atoms with Crippen LogP contribution in [0.2, 0.25) is 0 Å². The molecular weight excluding hydrogens is 561 g/mol. The van der Waals surface area contributed by atoms with Gasteiger partial charge < -0.3 is 15.2 Å². The number of aromatic amines is 2. The minimum Gasteiger partial charge on any atom is -0.358 e. The van der Waals surface area contributed by atoms with Crippen LogP contribution in [-0.2, 0) is 6.42 Å². The first-order valence-corrected chi connectivity index (χ1v) is 15.7. The van der Waals surface area contributed by atoms with E-state index in [0.717, 1.165) is 98.0 Å². The van der Waals surface area contributed by atoms with Gasteiger partial charge in [0.25, 0.3) is 0 Å². The number of halogens is 1. The first-order valence-electron chi connectivity index (χ1n) is 15.7. The molecular formula is C37H40FN7. The Morgan fingerprint density at radius 3 is 2.73 bits per heavy atom. The highest BCUT2D eigenvalue weighted by Crippen LogP contribution is 2.31. The minimum absolute atomic E-state index is 0.239. The molecule has 1 aliphatic rings. The van der Waals surface area contributed by atoms with Gasteiger partial charge in [-0.25, -0.2) is 4.39 Å². The molecule has 0 amide bonds. The van der Waals surface area contributed by atoms with Crippen molar-refractivity contribution in [3.05, 3.63) is 101 Å². The molecule has 0 unspecified atom stereocenters. The van der Waals surface area contributed by atoms with Gasteiger partial charge in [0.2, 0.25) is 0 Å². The van der Waals surface area contributed by atoms with Crippen LogP contribution in [-0.4, -0.2) is 49.7 Å². The maximum atomic E-state index is 14.9. The van der Waals surface area contributed by atoms with Gasteiger partial charge in [0.15, 0.2) is 0 Å². The van der Waals surface area contributed by atoms with E-state index < -0.39 is 0 Å². The Bertz CT molecular complexity index is 1980. The SMILES string of the molecule is C=C(CC)Nc1cncc(C(=C)/C=c2/c(-c3cc4c(-c5cc(F)cc(CCCN6CCCC6)c5)nccc4[nH]3)n[nH]/c2=C/C)c1. The van der Waals surface area contributed by atoms with Crippen LogP contribution in [0.15, 0.2) is 73.8 Å². The Labute approximate surface area is 263 Å². The molecule has 1 aliphatic heterocycles. The molecule has 45 heavy (non-hydrogen) atoms. The summed E-state index contributed by atoms with van der Waals surface area (Å²) in [6.07, 6.45) is 14.6. The fraction of sp³-hybridized carbons (Fsp3) is 0.270. The number of rotatable bonds is 11. The number of allylic oxidation sites excluding steroid dienone is 2. The number of aryl methyl sites for hydroxylation is 1. The van der Waals surface area contributed by atoms with E-state index in [1.165, 1.54) is 25.9 Å². The smallest absolute Gasteiger partial charge is 0.124 e. The fourth-order valence-electron chi connectivity index (χ4n) is 6.03. The molecule has 0 atom stereocenters. The third-order valence-corrected chi connectivity index (χ3v) is 8.47. The van der Waals surface area contributed by atoms with E-state index in [1.54, 1.807) is 30.7 Å². The van der Waals surface area contributed by atoms with Crippen LogP contribution < -0.4 is 15.9 Å². The van der Waals surface area contributed by atoms with Gasteiger partial charge in [-0.05, 0) is 112 Å². The number of benzene rings is 1. The van der Waals surface area contributed by atoms with Crippen LogP contribution in [0, 0.1) is 5.82 Å². The van der Waals surface area contributed by atoms with Crippen LogP contribution in [0.4, 0.5) is 10.1 Å². The molecule has 5 aromatic rings. The molecule has 8 heteroatoms. The molecule has 0 aliphatic carbocycles. The molecule has 1 saturated heterocycles. The monoisotopic (exact) mass is 601 g/mol. The number of pyridine rings is 2. The second kappa shape index (κ2) is 13.4. The van der Waals surface area contributed by atoms with Gasteiger partial charge in [-0.3, -0.25) is 15.1 Å². The van der Waals surface area contributed by atoms with Gasteiger partial charge in [-0.2, -0.15) is 5.10 Å². The quantitative estimate of drug-likeness (QED) is 0.155. The average Bonchev–Trinajstić information content (AvgIpc) is 3.80. The normalized spacial score (nSPS) is 14.5. The van der Waals surface area contributed by atoms with Crippen molar-refractivity contribution in [3.63, 3.8) is 0 Å². The highest BCUT2D eigenvalue weighted by Gasteiger charge is 2.15. The highest BCUT2D eigenvalue weighted by atomic mass is 19.1. The van der Waals surface area contributed by atoms with Crippen molar-refractivity contribution in [1.29, 1.82) is 0 Å². The number of hydrogen-bond donors (Lipinski definition) is 3. The van der Waals surface area contributed by atoms with Gasteiger partial charge >= 0.3 is 0 Å². The first-order chi connectivity index (χ1) is 21.9. The molecule has 5 heterocycles. The van der Waals surface area contributed by atoms with Crippen molar-refractivity contribution >= 4 is 34.3 Å². The number of nitrogens with zero attached hydrogens (tertiary/aromatic N) is 4. The Morgan fingerprint density at radius 2 is 1.93 bits per heavy atom. The molecule has 3 N–H and O–H groups in total. The topological polar surface area (TPSA) is 85.5 Å².